The molecule has 0 aromatic carbocycles. The molecule has 0 atom stereocenters. The number of hydrogen-bond acceptors (Lipinski definition) is 2. The monoisotopic (exact) mass is 86.0 g/mol. The van der Waals surface area contributed by atoms with Crippen LogP contribution in [-0.2, 0) is 0 Å². The molecule has 2 heteroatoms. The normalized spacial score (nSPS) is 27.3. The molecular weight excluding hydrogens is 80.0 g/mol. The fourth-order valence-electron chi connectivity index (χ4n) is 0.253. The van der Waals surface area contributed by atoms with Crippen LogP contribution in [0.5, 0.6) is 0 Å². The lowest BCUT2D eigenvalue weighted by atomic mass is 10.6. The van der Waals surface area contributed by atoms with Crippen molar-refractivity contribution in [2.45, 2.75) is 12.2 Å². The van der Waals surface area contributed by atoms with Crippen LogP contribution in [0.1, 0.15) is 6.42 Å². The summed E-state index contributed by atoms with van der Waals surface area (Å²) in [7, 11) is 0. The molecule has 0 heterocycles. The van der Waals surface area contributed by atoms with E-state index in [2.05, 4.69) is 6.58 Å². The van der Waals surface area contributed by atoms with Gasteiger partial charge in [0.15, 0.2) is 5.79 Å². The van der Waals surface area contributed by atoms with Gasteiger partial charge in [0.25, 0.3) is 0 Å². The molecular formula is C4H6O2. The Labute approximate surface area is 35.7 Å². The number of hydrogen-bond donors (Lipinski definition) is 2. The van der Waals surface area contributed by atoms with Gasteiger partial charge < -0.3 is 10.2 Å². The van der Waals surface area contributed by atoms with E-state index in [4.69, 9.17) is 10.2 Å². The van der Waals surface area contributed by atoms with Crippen LogP contribution in [0.2, 0.25) is 0 Å². The summed E-state index contributed by atoms with van der Waals surface area (Å²) < 4.78 is 0. The minimum absolute atomic E-state index is 0.354. The zero-order valence-corrected chi connectivity index (χ0v) is 3.31. The van der Waals surface area contributed by atoms with Crippen LogP contribution in [0.25, 0.3) is 0 Å². The standard InChI is InChI=1S/C4H6O2/c1-3-2-4(3,5)6/h5-6H,1-2H2. The summed E-state index contributed by atoms with van der Waals surface area (Å²) in [5.74, 6) is -1.49. The maximum absolute atomic E-state index is 8.36. The highest BCUT2D eigenvalue weighted by Gasteiger charge is 2.43. The average Bonchev–Trinajstić information content (AvgIpc) is 1.73. The summed E-state index contributed by atoms with van der Waals surface area (Å²) in [6.07, 6.45) is 0.354. The molecule has 0 saturated heterocycles. The number of rotatable bonds is 0. The maximum atomic E-state index is 8.36. The molecule has 0 bridgehead atoms. The summed E-state index contributed by atoms with van der Waals surface area (Å²) in [6.45, 7) is 3.32. The molecule has 0 spiro atoms. The minimum Gasteiger partial charge on any atom is -0.362 e. The van der Waals surface area contributed by atoms with Crippen molar-refractivity contribution in [1.82, 2.24) is 0 Å². The summed E-state index contributed by atoms with van der Waals surface area (Å²) in [6, 6.07) is 0. The molecule has 1 aliphatic rings. The van der Waals surface area contributed by atoms with Gasteiger partial charge in [-0.1, -0.05) is 6.58 Å². The quantitative estimate of drug-likeness (QED) is 0.312. The summed E-state index contributed by atoms with van der Waals surface area (Å²) >= 11 is 0. The minimum atomic E-state index is -1.49. The van der Waals surface area contributed by atoms with E-state index in [9.17, 15) is 0 Å². The van der Waals surface area contributed by atoms with E-state index < -0.39 is 5.79 Å². The predicted molar refractivity (Wildman–Crippen MR) is 20.9 cm³/mol. The zero-order valence-electron chi connectivity index (χ0n) is 3.31. The van der Waals surface area contributed by atoms with Gasteiger partial charge in [0, 0.05) is 6.42 Å². The van der Waals surface area contributed by atoms with Gasteiger partial charge in [-0.25, -0.2) is 0 Å². The Balaban J connectivity index is 2.63. The molecule has 0 aromatic rings. The largest absolute Gasteiger partial charge is 0.362 e. The predicted octanol–water partition coefficient (Wildman–Crippen LogP) is -0.373. The smallest absolute Gasteiger partial charge is 0.189 e. The molecule has 34 valence electrons. The Kier molecular flexibility index (Phi) is 0.428. The van der Waals surface area contributed by atoms with Crippen molar-refractivity contribution in [1.29, 1.82) is 0 Å². The van der Waals surface area contributed by atoms with Crippen LogP contribution in [-0.4, -0.2) is 16.0 Å². The van der Waals surface area contributed by atoms with E-state index in [-0.39, 0.29) is 0 Å². The van der Waals surface area contributed by atoms with E-state index in [0.717, 1.165) is 0 Å². The van der Waals surface area contributed by atoms with Gasteiger partial charge in [-0.3, -0.25) is 0 Å². The molecule has 0 aliphatic heterocycles. The van der Waals surface area contributed by atoms with Crippen molar-refractivity contribution >= 4 is 0 Å². The first-order valence-electron chi connectivity index (χ1n) is 1.76. The van der Waals surface area contributed by atoms with E-state index in [1.165, 1.54) is 0 Å². The lowest BCUT2D eigenvalue weighted by Crippen LogP contribution is -2.02. The van der Waals surface area contributed by atoms with Crippen molar-refractivity contribution in [3.8, 4) is 0 Å². The molecule has 2 nitrogen and oxygen atoms in total. The van der Waals surface area contributed by atoms with Gasteiger partial charge in [0.2, 0.25) is 0 Å². The van der Waals surface area contributed by atoms with Gasteiger partial charge in [0.05, 0.1) is 0 Å². The first-order valence-corrected chi connectivity index (χ1v) is 1.76. The Morgan fingerprint density at radius 2 is 1.83 bits per heavy atom. The van der Waals surface area contributed by atoms with Crippen LogP contribution in [0.3, 0.4) is 0 Å². The van der Waals surface area contributed by atoms with Crippen molar-refractivity contribution < 1.29 is 10.2 Å². The van der Waals surface area contributed by atoms with Gasteiger partial charge >= 0.3 is 0 Å². The van der Waals surface area contributed by atoms with Gasteiger partial charge in [0.1, 0.15) is 0 Å². The van der Waals surface area contributed by atoms with E-state index in [0.29, 0.717) is 12.0 Å². The molecule has 1 saturated carbocycles. The summed E-state index contributed by atoms with van der Waals surface area (Å²) in [5.41, 5.74) is 0.516. The average molecular weight is 86.1 g/mol. The fraction of sp³-hybridized carbons (Fsp3) is 0.500. The van der Waals surface area contributed by atoms with Crippen molar-refractivity contribution in [3.63, 3.8) is 0 Å². The summed E-state index contributed by atoms with van der Waals surface area (Å²) in [5, 5.41) is 16.7. The molecule has 1 fully saturated rings. The lowest BCUT2D eigenvalue weighted by molar-refractivity contribution is -0.0545. The molecule has 0 amide bonds. The van der Waals surface area contributed by atoms with Crippen LogP contribution >= 0.6 is 0 Å². The van der Waals surface area contributed by atoms with Crippen LogP contribution in [0.15, 0.2) is 12.2 Å². The van der Waals surface area contributed by atoms with Crippen LogP contribution in [0, 0.1) is 0 Å². The summed E-state index contributed by atoms with van der Waals surface area (Å²) in [4.78, 5) is 0. The van der Waals surface area contributed by atoms with E-state index in [1.807, 2.05) is 0 Å². The maximum Gasteiger partial charge on any atom is 0.189 e. The second-order valence-electron chi connectivity index (χ2n) is 1.60. The fourth-order valence-corrected chi connectivity index (χ4v) is 0.253. The topological polar surface area (TPSA) is 40.5 Å². The second-order valence-corrected chi connectivity index (χ2v) is 1.60. The van der Waals surface area contributed by atoms with Gasteiger partial charge in [-0.2, -0.15) is 0 Å². The zero-order chi connectivity index (χ0) is 4.78. The Hall–Kier alpha value is -0.340. The number of aliphatic hydroxyl groups is 2. The second kappa shape index (κ2) is 0.669. The Morgan fingerprint density at radius 1 is 1.67 bits per heavy atom. The third-order valence-corrected chi connectivity index (χ3v) is 0.901. The molecule has 1 aliphatic carbocycles. The first-order chi connectivity index (χ1) is 2.63. The molecule has 1 rings (SSSR count). The van der Waals surface area contributed by atoms with Crippen molar-refractivity contribution in [2.75, 3.05) is 0 Å². The molecule has 0 aromatic heterocycles. The lowest BCUT2D eigenvalue weighted by Gasteiger charge is -1.87. The molecule has 2 N–H and O–H groups in total. The van der Waals surface area contributed by atoms with E-state index in [1.54, 1.807) is 0 Å². The third kappa shape index (κ3) is 0.345. The van der Waals surface area contributed by atoms with Crippen LogP contribution in [0.4, 0.5) is 0 Å². The highest BCUT2D eigenvalue weighted by molar-refractivity contribution is 5.25. The molecule has 0 radical (unpaired) electrons. The van der Waals surface area contributed by atoms with Gasteiger partial charge in [-0.15, -0.1) is 0 Å². The van der Waals surface area contributed by atoms with Crippen molar-refractivity contribution in [3.05, 3.63) is 12.2 Å². The highest BCUT2D eigenvalue weighted by Crippen LogP contribution is 2.37. The third-order valence-electron chi connectivity index (χ3n) is 0.901. The van der Waals surface area contributed by atoms with E-state index >= 15 is 0 Å². The highest BCUT2D eigenvalue weighted by atomic mass is 16.5. The van der Waals surface area contributed by atoms with Crippen molar-refractivity contribution in [2.24, 2.45) is 0 Å². The Bertz CT molecular complexity index is 93.7. The Morgan fingerprint density at radius 3 is 1.83 bits per heavy atom. The molecule has 0 unspecified atom stereocenters. The first kappa shape index (κ1) is 3.84. The van der Waals surface area contributed by atoms with Crippen LogP contribution < -0.4 is 0 Å². The SMILES string of the molecule is C=C1CC1(O)O. The van der Waals surface area contributed by atoms with Gasteiger partial charge in [-0.05, 0) is 5.57 Å². The molecule has 6 heavy (non-hydrogen) atoms.